The van der Waals surface area contributed by atoms with Crippen molar-refractivity contribution in [2.45, 2.75) is 52.9 Å². The van der Waals surface area contributed by atoms with Crippen LogP contribution < -0.4 is 0 Å². The fourth-order valence-electron chi connectivity index (χ4n) is 4.89. The van der Waals surface area contributed by atoms with Gasteiger partial charge in [0.05, 0.1) is 0 Å². The number of aryl methyl sites for hydroxylation is 3. The van der Waals surface area contributed by atoms with Gasteiger partial charge in [-0.1, -0.05) is 100.0 Å². The van der Waals surface area contributed by atoms with E-state index in [0.717, 1.165) is 30.1 Å². The number of benzene rings is 4. The zero-order valence-corrected chi connectivity index (χ0v) is 23.4. The monoisotopic (exact) mass is 499 g/mol. The Balaban J connectivity index is 1.62. The Labute approximate surface area is 227 Å². The average molecular weight is 500 g/mol. The summed E-state index contributed by atoms with van der Waals surface area (Å²) in [4.78, 5) is 4.82. The van der Waals surface area contributed by atoms with Crippen LogP contribution in [0.4, 0.5) is 0 Å². The molecule has 5 aromatic rings. The molecule has 0 saturated carbocycles. The highest BCUT2D eigenvalue weighted by Crippen LogP contribution is 2.35. The molecule has 0 aliphatic rings. The average Bonchev–Trinajstić information content (AvgIpc) is 3.28. The van der Waals surface area contributed by atoms with Crippen LogP contribution in [0.15, 0.2) is 91.0 Å². The molecule has 1 aromatic heterocycles. The number of rotatable bonds is 6. The first-order valence-corrected chi connectivity index (χ1v) is 13.5. The number of hydrogen-bond donors (Lipinski definition) is 0. The molecule has 3 heteroatoms. The summed E-state index contributed by atoms with van der Waals surface area (Å²) in [6.07, 6.45) is 1.93. The molecule has 0 saturated heterocycles. The van der Waals surface area contributed by atoms with Crippen molar-refractivity contribution in [3.8, 4) is 44.8 Å². The van der Waals surface area contributed by atoms with Crippen LogP contribution in [0.1, 0.15) is 51.1 Å². The van der Waals surface area contributed by atoms with E-state index in [1.54, 1.807) is 0 Å². The van der Waals surface area contributed by atoms with Crippen molar-refractivity contribution in [2.75, 3.05) is 0 Å². The third-order valence-corrected chi connectivity index (χ3v) is 7.14. The maximum absolute atomic E-state index is 4.82. The fraction of sp³-hybridized carbons (Fsp3) is 0.257. The Morgan fingerprint density at radius 2 is 1.18 bits per heavy atom. The standard InChI is InChI=1S/C35H37N3/c1-7-9-33-36-34(38(6)37-33)28-11-8-10-27(20-28)31-22-29(25-14-12-24(2)13-15-25)21-30(23-31)26-16-18-32(19-17-26)35(3,4)5/h8,10-23H,7,9H2,1-6H3. The second-order valence-electron chi connectivity index (χ2n) is 11.3. The van der Waals surface area contributed by atoms with Gasteiger partial charge < -0.3 is 0 Å². The maximum atomic E-state index is 4.82. The molecule has 38 heavy (non-hydrogen) atoms. The van der Waals surface area contributed by atoms with Crippen molar-refractivity contribution in [2.24, 2.45) is 7.05 Å². The maximum Gasteiger partial charge on any atom is 0.158 e. The van der Waals surface area contributed by atoms with Crippen LogP contribution in [0.3, 0.4) is 0 Å². The second-order valence-corrected chi connectivity index (χ2v) is 11.3. The molecule has 0 spiro atoms. The molecule has 0 atom stereocenters. The molecule has 0 aliphatic heterocycles. The van der Waals surface area contributed by atoms with Gasteiger partial charge in [-0.25, -0.2) is 9.67 Å². The summed E-state index contributed by atoms with van der Waals surface area (Å²) in [5.74, 6) is 1.81. The molecule has 1 heterocycles. The predicted octanol–water partition coefficient (Wildman–Crippen LogP) is 9.04. The van der Waals surface area contributed by atoms with Gasteiger partial charge in [-0.3, -0.25) is 0 Å². The number of aromatic nitrogens is 3. The van der Waals surface area contributed by atoms with Gasteiger partial charge in [-0.05, 0) is 82.0 Å². The molecular formula is C35H37N3. The summed E-state index contributed by atoms with van der Waals surface area (Å²) < 4.78 is 1.90. The molecule has 0 unspecified atom stereocenters. The molecule has 5 rings (SSSR count). The minimum atomic E-state index is 0.130. The van der Waals surface area contributed by atoms with E-state index < -0.39 is 0 Å². The van der Waals surface area contributed by atoms with Gasteiger partial charge in [-0.15, -0.1) is 0 Å². The topological polar surface area (TPSA) is 30.7 Å². The Morgan fingerprint density at radius 3 is 1.76 bits per heavy atom. The van der Waals surface area contributed by atoms with Crippen molar-refractivity contribution in [1.82, 2.24) is 14.8 Å². The molecule has 3 nitrogen and oxygen atoms in total. The largest absolute Gasteiger partial charge is 0.249 e. The molecular weight excluding hydrogens is 462 g/mol. The lowest BCUT2D eigenvalue weighted by molar-refractivity contribution is 0.590. The van der Waals surface area contributed by atoms with Crippen LogP contribution in [0.25, 0.3) is 44.8 Å². The molecule has 0 fully saturated rings. The highest BCUT2D eigenvalue weighted by molar-refractivity contribution is 5.82. The van der Waals surface area contributed by atoms with Gasteiger partial charge in [0.25, 0.3) is 0 Å². The summed E-state index contributed by atoms with van der Waals surface area (Å²) in [6, 6.07) is 33.4. The first-order valence-electron chi connectivity index (χ1n) is 13.5. The number of hydrogen-bond acceptors (Lipinski definition) is 2. The van der Waals surface area contributed by atoms with Crippen LogP contribution in [0.5, 0.6) is 0 Å². The predicted molar refractivity (Wildman–Crippen MR) is 160 cm³/mol. The van der Waals surface area contributed by atoms with Crippen LogP contribution >= 0.6 is 0 Å². The lowest BCUT2D eigenvalue weighted by atomic mass is 9.86. The molecule has 0 radical (unpaired) electrons. The van der Waals surface area contributed by atoms with Crippen LogP contribution in [-0.4, -0.2) is 14.8 Å². The van der Waals surface area contributed by atoms with E-state index >= 15 is 0 Å². The van der Waals surface area contributed by atoms with Crippen LogP contribution in [-0.2, 0) is 18.9 Å². The minimum Gasteiger partial charge on any atom is -0.249 e. The van der Waals surface area contributed by atoms with E-state index in [4.69, 9.17) is 4.98 Å². The molecule has 0 bridgehead atoms. The van der Waals surface area contributed by atoms with E-state index in [-0.39, 0.29) is 5.41 Å². The van der Waals surface area contributed by atoms with E-state index in [2.05, 4.69) is 131 Å². The van der Waals surface area contributed by atoms with E-state index in [0.29, 0.717) is 0 Å². The van der Waals surface area contributed by atoms with Gasteiger partial charge >= 0.3 is 0 Å². The zero-order chi connectivity index (χ0) is 26.9. The summed E-state index contributed by atoms with van der Waals surface area (Å²) in [5.41, 5.74) is 11.1. The van der Waals surface area contributed by atoms with Gasteiger partial charge in [0, 0.05) is 19.0 Å². The lowest BCUT2D eigenvalue weighted by Gasteiger charge is -2.19. The highest BCUT2D eigenvalue weighted by atomic mass is 15.3. The van der Waals surface area contributed by atoms with Crippen molar-refractivity contribution in [3.63, 3.8) is 0 Å². The minimum absolute atomic E-state index is 0.130. The molecule has 4 aromatic carbocycles. The van der Waals surface area contributed by atoms with Crippen molar-refractivity contribution >= 4 is 0 Å². The van der Waals surface area contributed by atoms with E-state index in [1.807, 2.05) is 11.7 Å². The zero-order valence-electron chi connectivity index (χ0n) is 23.4. The summed E-state index contributed by atoms with van der Waals surface area (Å²) in [6.45, 7) is 11.1. The van der Waals surface area contributed by atoms with Crippen molar-refractivity contribution in [1.29, 1.82) is 0 Å². The summed E-state index contributed by atoms with van der Waals surface area (Å²) in [7, 11) is 1.98. The summed E-state index contributed by atoms with van der Waals surface area (Å²) >= 11 is 0. The quantitative estimate of drug-likeness (QED) is 0.233. The Kier molecular flexibility index (Phi) is 7.03. The lowest BCUT2D eigenvalue weighted by Crippen LogP contribution is -2.10. The normalized spacial score (nSPS) is 11.6. The Bertz CT molecular complexity index is 1550. The van der Waals surface area contributed by atoms with Crippen LogP contribution in [0.2, 0.25) is 0 Å². The SMILES string of the molecule is CCCc1nc(-c2cccc(-c3cc(-c4ccc(C)cc4)cc(-c4ccc(C(C)(C)C)cc4)c3)c2)n(C)n1. The molecule has 0 N–H and O–H groups in total. The smallest absolute Gasteiger partial charge is 0.158 e. The van der Waals surface area contributed by atoms with Gasteiger partial charge in [0.1, 0.15) is 0 Å². The van der Waals surface area contributed by atoms with Crippen LogP contribution in [0, 0.1) is 6.92 Å². The molecule has 0 amide bonds. The first kappa shape index (κ1) is 25.7. The van der Waals surface area contributed by atoms with E-state index in [1.165, 1.54) is 44.5 Å². The second kappa shape index (κ2) is 10.4. The third-order valence-electron chi connectivity index (χ3n) is 7.14. The molecule has 0 aliphatic carbocycles. The van der Waals surface area contributed by atoms with E-state index in [9.17, 15) is 0 Å². The molecule has 192 valence electrons. The van der Waals surface area contributed by atoms with Crippen molar-refractivity contribution in [3.05, 3.63) is 108 Å². The highest BCUT2D eigenvalue weighted by Gasteiger charge is 2.15. The Hall–Kier alpha value is -3.98. The van der Waals surface area contributed by atoms with Crippen molar-refractivity contribution < 1.29 is 0 Å². The van der Waals surface area contributed by atoms with Gasteiger partial charge in [0.15, 0.2) is 11.6 Å². The van der Waals surface area contributed by atoms with Gasteiger partial charge in [-0.2, -0.15) is 5.10 Å². The first-order chi connectivity index (χ1) is 18.2. The summed E-state index contributed by atoms with van der Waals surface area (Å²) in [5, 5.41) is 4.62. The Morgan fingerprint density at radius 1 is 0.658 bits per heavy atom. The number of nitrogens with zero attached hydrogens (tertiary/aromatic N) is 3. The fourth-order valence-corrected chi connectivity index (χ4v) is 4.89. The third kappa shape index (κ3) is 5.47. The van der Waals surface area contributed by atoms with Gasteiger partial charge in [0.2, 0.25) is 0 Å².